The average Bonchev–Trinajstić information content (AvgIpc) is 2.84. The number of ether oxygens (including phenoxy) is 1. The van der Waals surface area contributed by atoms with E-state index in [1.807, 2.05) is 13.8 Å². The van der Waals surface area contributed by atoms with Crippen LogP contribution in [0.1, 0.15) is 40.0 Å². The van der Waals surface area contributed by atoms with Crippen LogP contribution in [0.15, 0.2) is 0 Å². The van der Waals surface area contributed by atoms with Gasteiger partial charge in [-0.3, -0.25) is 14.4 Å². The molecule has 1 saturated carbocycles. The van der Waals surface area contributed by atoms with Gasteiger partial charge in [0.2, 0.25) is 11.4 Å². The van der Waals surface area contributed by atoms with Crippen LogP contribution >= 0.6 is 0 Å². The monoisotopic (exact) mass is 357 g/mol. The third-order valence-electron chi connectivity index (χ3n) is 4.85. The number of carboxylic acids is 1. The molecule has 0 bridgehead atoms. The van der Waals surface area contributed by atoms with Crippen molar-refractivity contribution in [1.29, 1.82) is 0 Å². The average molecular weight is 357 g/mol. The summed E-state index contributed by atoms with van der Waals surface area (Å²) in [6.07, 6.45) is 1.46. The molecule has 0 spiro atoms. The number of carbonyl (C=O) groups is 4. The van der Waals surface area contributed by atoms with Gasteiger partial charge in [-0.15, -0.1) is 0 Å². The highest BCUT2D eigenvalue weighted by Gasteiger charge is 2.44. The molecule has 5 N–H and O–H groups in total. The lowest BCUT2D eigenvalue weighted by Gasteiger charge is -2.30. The predicted octanol–water partition coefficient (Wildman–Crippen LogP) is -0.613. The van der Waals surface area contributed by atoms with Crippen molar-refractivity contribution in [3.05, 3.63) is 0 Å². The molecule has 1 aliphatic rings. The smallest absolute Gasteiger partial charge is 0.341 e. The number of amides is 2. The molecule has 0 aromatic heterocycles. The molecule has 1 fully saturated rings. The first-order chi connectivity index (χ1) is 11.5. The van der Waals surface area contributed by atoms with E-state index in [0.29, 0.717) is 0 Å². The van der Waals surface area contributed by atoms with Crippen LogP contribution in [0.25, 0.3) is 0 Å². The number of nitrogens with two attached hydrogens (primary N) is 1. The number of hydrogen-bond acceptors (Lipinski definition) is 6. The van der Waals surface area contributed by atoms with E-state index in [2.05, 4.69) is 15.4 Å². The fourth-order valence-corrected chi connectivity index (χ4v) is 3.16. The molecule has 1 rings (SSSR count). The van der Waals surface area contributed by atoms with Crippen molar-refractivity contribution in [3.63, 3.8) is 0 Å². The van der Waals surface area contributed by atoms with Gasteiger partial charge >= 0.3 is 11.9 Å². The molecule has 9 heteroatoms. The van der Waals surface area contributed by atoms with Crippen LogP contribution < -0.4 is 16.4 Å². The Balaban J connectivity index is 2.97. The highest BCUT2D eigenvalue weighted by molar-refractivity contribution is 6.09. The van der Waals surface area contributed by atoms with E-state index in [-0.39, 0.29) is 17.9 Å². The maximum atomic E-state index is 12.6. The van der Waals surface area contributed by atoms with Crippen LogP contribution in [-0.2, 0) is 23.9 Å². The van der Waals surface area contributed by atoms with E-state index in [9.17, 15) is 19.2 Å². The standard InChI is InChI=1S/C16H27N3O6/c1-8-5-6-9(2)12(8)18-10(7-11(20)21)13(22)19-16(3,14(17)23)15(24)25-4/h8-10,12,18H,5-7H2,1-4H3,(H2,17,23)(H,19,22)(H,20,21)/t8?,9?,10-,12?,16-/m0/s1. The molecular weight excluding hydrogens is 330 g/mol. The Hall–Kier alpha value is -2.16. The molecule has 0 aromatic carbocycles. The van der Waals surface area contributed by atoms with Gasteiger partial charge in [0.15, 0.2) is 0 Å². The number of rotatable bonds is 8. The molecule has 142 valence electrons. The normalized spacial score (nSPS) is 26.3. The molecule has 0 aliphatic heterocycles. The molecule has 2 amide bonds. The molecule has 0 radical (unpaired) electrons. The van der Waals surface area contributed by atoms with Gasteiger partial charge in [-0.25, -0.2) is 4.79 Å². The number of esters is 1. The zero-order valence-corrected chi connectivity index (χ0v) is 15.0. The summed E-state index contributed by atoms with van der Waals surface area (Å²) in [6.45, 7) is 5.18. The van der Waals surface area contributed by atoms with Gasteiger partial charge in [0.1, 0.15) is 0 Å². The third-order valence-corrected chi connectivity index (χ3v) is 4.85. The van der Waals surface area contributed by atoms with Crippen molar-refractivity contribution >= 4 is 23.8 Å². The highest BCUT2D eigenvalue weighted by Crippen LogP contribution is 2.31. The minimum atomic E-state index is -2.07. The second-order valence-electron chi connectivity index (χ2n) is 6.84. The molecule has 4 atom stereocenters. The number of carboxylic acid groups (broad SMARTS) is 1. The van der Waals surface area contributed by atoms with E-state index in [0.717, 1.165) is 26.9 Å². The summed E-state index contributed by atoms with van der Waals surface area (Å²) in [4.78, 5) is 47.2. The van der Waals surface area contributed by atoms with Gasteiger partial charge in [-0.1, -0.05) is 13.8 Å². The number of methoxy groups -OCH3 is 1. The minimum Gasteiger partial charge on any atom is -0.481 e. The number of primary amides is 1. The lowest BCUT2D eigenvalue weighted by molar-refractivity contribution is -0.154. The largest absolute Gasteiger partial charge is 0.481 e. The van der Waals surface area contributed by atoms with Gasteiger partial charge in [-0.2, -0.15) is 0 Å². The number of nitrogens with one attached hydrogen (secondary N) is 2. The molecule has 9 nitrogen and oxygen atoms in total. The Morgan fingerprint density at radius 2 is 1.76 bits per heavy atom. The summed E-state index contributed by atoms with van der Waals surface area (Å²) in [7, 11) is 1.06. The summed E-state index contributed by atoms with van der Waals surface area (Å²) >= 11 is 0. The van der Waals surface area contributed by atoms with Crippen molar-refractivity contribution in [2.75, 3.05) is 7.11 Å². The predicted molar refractivity (Wildman–Crippen MR) is 88.3 cm³/mol. The second-order valence-corrected chi connectivity index (χ2v) is 6.84. The SMILES string of the molecule is COC(=O)[C@@](C)(NC(=O)[C@H](CC(=O)O)NC1C(C)CCC1C)C(N)=O. The Morgan fingerprint density at radius 1 is 1.24 bits per heavy atom. The van der Waals surface area contributed by atoms with Crippen molar-refractivity contribution in [2.24, 2.45) is 17.6 Å². The lowest BCUT2D eigenvalue weighted by Crippen LogP contribution is -2.64. The number of carbonyl (C=O) groups excluding carboxylic acids is 3. The lowest BCUT2D eigenvalue weighted by atomic mass is 9.97. The maximum absolute atomic E-state index is 12.6. The van der Waals surface area contributed by atoms with Gasteiger partial charge < -0.3 is 26.2 Å². The first-order valence-corrected chi connectivity index (χ1v) is 8.21. The van der Waals surface area contributed by atoms with E-state index in [4.69, 9.17) is 10.8 Å². The van der Waals surface area contributed by atoms with E-state index >= 15 is 0 Å². The topological polar surface area (TPSA) is 148 Å². The maximum Gasteiger partial charge on any atom is 0.341 e. The minimum absolute atomic E-state index is 0.0342. The van der Waals surface area contributed by atoms with E-state index < -0.39 is 41.8 Å². The fraction of sp³-hybridized carbons (Fsp3) is 0.750. The van der Waals surface area contributed by atoms with Gasteiger partial charge in [0, 0.05) is 6.04 Å². The van der Waals surface area contributed by atoms with Crippen molar-refractivity contribution in [3.8, 4) is 0 Å². The Morgan fingerprint density at radius 3 is 2.16 bits per heavy atom. The van der Waals surface area contributed by atoms with Crippen LogP contribution in [0.2, 0.25) is 0 Å². The summed E-state index contributed by atoms with van der Waals surface area (Å²) < 4.78 is 4.51. The number of hydrogen-bond donors (Lipinski definition) is 4. The molecule has 0 heterocycles. The van der Waals surface area contributed by atoms with Crippen LogP contribution in [0.4, 0.5) is 0 Å². The van der Waals surface area contributed by atoms with E-state index in [1.165, 1.54) is 0 Å². The summed E-state index contributed by atoms with van der Waals surface area (Å²) in [5.74, 6) is -3.52. The molecular formula is C16H27N3O6. The molecule has 2 unspecified atom stereocenters. The molecule has 25 heavy (non-hydrogen) atoms. The quantitative estimate of drug-likeness (QED) is 0.334. The van der Waals surface area contributed by atoms with Gasteiger partial charge in [0.25, 0.3) is 5.91 Å². The number of aliphatic carboxylic acids is 1. The Kier molecular flexibility index (Phi) is 6.92. The zero-order chi connectivity index (χ0) is 19.4. The first-order valence-electron chi connectivity index (χ1n) is 8.21. The molecule has 0 saturated heterocycles. The van der Waals surface area contributed by atoms with Crippen LogP contribution in [0.3, 0.4) is 0 Å². The van der Waals surface area contributed by atoms with Crippen LogP contribution in [-0.4, -0.2) is 53.6 Å². The molecule has 0 aromatic rings. The van der Waals surface area contributed by atoms with Gasteiger partial charge in [-0.05, 0) is 31.6 Å². The van der Waals surface area contributed by atoms with Crippen LogP contribution in [0.5, 0.6) is 0 Å². The third kappa shape index (κ3) is 4.91. The first kappa shape index (κ1) is 20.9. The Labute approximate surface area is 146 Å². The van der Waals surface area contributed by atoms with Crippen molar-refractivity contribution in [1.82, 2.24) is 10.6 Å². The van der Waals surface area contributed by atoms with Crippen molar-refractivity contribution < 1.29 is 29.0 Å². The molecule has 1 aliphatic carbocycles. The highest BCUT2D eigenvalue weighted by atomic mass is 16.5. The van der Waals surface area contributed by atoms with Crippen molar-refractivity contribution in [2.45, 2.75) is 57.7 Å². The summed E-state index contributed by atoms with van der Waals surface area (Å²) in [6, 6.07) is -1.14. The zero-order valence-electron chi connectivity index (χ0n) is 15.0. The fourth-order valence-electron chi connectivity index (χ4n) is 3.16. The van der Waals surface area contributed by atoms with Crippen LogP contribution in [0, 0.1) is 11.8 Å². The Bertz CT molecular complexity index is 542. The second kappa shape index (κ2) is 8.28. The summed E-state index contributed by atoms with van der Waals surface area (Å²) in [5.41, 5.74) is 3.14. The summed E-state index contributed by atoms with van der Waals surface area (Å²) in [5, 5.41) is 14.4. The van der Waals surface area contributed by atoms with Gasteiger partial charge in [0.05, 0.1) is 19.6 Å². The van der Waals surface area contributed by atoms with E-state index in [1.54, 1.807) is 0 Å².